The van der Waals surface area contributed by atoms with E-state index in [1.54, 1.807) is 0 Å². The van der Waals surface area contributed by atoms with Crippen LogP contribution in [0.25, 0.3) is 0 Å². The van der Waals surface area contributed by atoms with Crippen LogP contribution >= 0.6 is 0 Å². The molecule has 1 saturated heterocycles. The van der Waals surface area contributed by atoms with Gasteiger partial charge in [-0.2, -0.15) is 5.10 Å². The maximum Gasteiger partial charge on any atom is 0.0538 e. The highest BCUT2D eigenvalue weighted by Gasteiger charge is 2.39. The number of nitrogens with one attached hydrogen (secondary N) is 1. The van der Waals surface area contributed by atoms with Crippen LogP contribution in [0.5, 0.6) is 0 Å². The van der Waals surface area contributed by atoms with E-state index in [0.29, 0.717) is 6.04 Å². The maximum absolute atomic E-state index is 4.32. The molecule has 0 spiro atoms. The molecule has 2 rings (SSSR count). The quantitative estimate of drug-likeness (QED) is 0.867. The molecule has 102 valence electrons. The van der Waals surface area contributed by atoms with Gasteiger partial charge in [0.2, 0.25) is 0 Å². The molecule has 2 unspecified atom stereocenters. The highest BCUT2D eigenvalue weighted by atomic mass is 15.3. The van der Waals surface area contributed by atoms with E-state index in [9.17, 15) is 0 Å². The molecule has 0 radical (unpaired) electrons. The van der Waals surface area contributed by atoms with Gasteiger partial charge in [-0.1, -0.05) is 6.92 Å². The van der Waals surface area contributed by atoms with E-state index in [1.165, 1.54) is 31.5 Å². The molecule has 1 aromatic heterocycles. The molecule has 4 nitrogen and oxygen atoms in total. The zero-order valence-corrected chi connectivity index (χ0v) is 12.1. The summed E-state index contributed by atoms with van der Waals surface area (Å²) in [5.41, 5.74) is 1.46. The predicted octanol–water partition coefficient (Wildman–Crippen LogP) is 1.95. The average Bonchev–Trinajstić information content (AvgIpc) is 3.01. The lowest BCUT2D eigenvalue weighted by Gasteiger charge is -2.44. The Bertz CT molecular complexity index is 381. The Kier molecular flexibility index (Phi) is 4.07. The highest BCUT2D eigenvalue weighted by molar-refractivity contribution is 5.17. The van der Waals surface area contributed by atoms with Crippen LogP contribution in [-0.4, -0.2) is 40.4 Å². The van der Waals surface area contributed by atoms with Crippen LogP contribution in [-0.2, 0) is 7.05 Å². The third kappa shape index (κ3) is 2.31. The largest absolute Gasteiger partial charge is 0.311 e. The van der Waals surface area contributed by atoms with Crippen molar-refractivity contribution in [3.63, 3.8) is 0 Å². The molecular formula is C14H26N4. The lowest BCUT2D eigenvalue weighted by molar-refractivity contribution is 0.0873. The molecule has 0 aliphatic carbocycles. The fourth-order valence-corrected chi connectivity index (χ4v) is 3.26. The second kappa shape index (κ2) is 5.41. The lowest BCUT2D eigenvalue weighted by atomic mass is 9.84. The standard InChI is InChI=1S/C14H26N4/c1-5-14(2,18-8-6-7-9-18)13(15-3)12-10-16-17(4)11-12/h10-11,13,15H,5-9H2,1-4H3. The summed E-state index contributed by atoms with van der Waals surface area (Å²) >= 11 is 0. The van der Waals surface area contributed by atoms with Gasteiger partial charge in [0.1, 0.15) is 0 Å². The van der Waals surface area contributed by atoms with Gasteiger partial charge in [-0.05, 0) is 46.3 Å². The maximum atomic E-state index is 4.32. The molecular weight excluding hydrogens is 224 g/mol. The average molecular weight is 250 g/mol. The first-order valence-corrected chi connectivity index (χ1v) is 7.02. The fourth-order valence-electron chi connectivity index (χ4n) is 3.26. The van der Waals surface area contributed by atoms with Crippen LogP contribution in [0.1, 0.15) is 44.7 Å². The SMILES string of the molecule is CCC(C)(C(NC)c1cnn(C)c1)N1CCCC1. The molecule has 2 heterocycles. The third-order valence-corrected chi connectivity index (χ3v) is 4.51. The normalized spacial score (nSPS) is 22.0. The number of aromatic nitrogens is 2. The molecule has 0 saturated carbocycles. The summed E-state index contributed by atoms with van der Waals surface area (Å²) in [5.74, 6) is 0. The minimum atomic E-state index is 0.175. The monoisotopic (exact) mass is 250 g/mol. The van der Waals surface area contributed by atoms with Crippen LogP contribution < -0.4 is 5.32 Å². The minimum Gasteiger partial charge on any atom is -0.311 e. The Morgan fingerprint density at radius 2 is 2.11 bits per heavy atom. The number of likely N-dealkylation sites (N-methyl/N-ethyl adjacent to an activating group) is 1. The number of aryl methyl sites for hydroxylation is 1. The molecule has 1 aromatic rings. The summed E-state index contributed by atoms with van der Waals surface area (Å²) in [5, 5.41) is 7.82. The van der Waals surface area contributed by atoms with Crippen molar-refractivity contribution in [3.05, 3.63) is 18.0 Å². The van der Waals surface area contributed by atoms with Crippen LogP contribution in [0.3, 0.4) is 0 Å². The number of nitrogens with zero attached hydrogens (tertiary/aromatic N) is 3. The first-order chi connectivity index (χ1) is 8.61. The van der Waals surface area contributed by atoms with Crippen molar-refractivity contribution >= 4 is 0 Å². The van der Waals surface area contributed by atoms with Crippen molar-refractivity contribution in [2.45, 2.75) is 44.7 Å². The van der Waals surface area contributed by atoms with Gasteiger partial charge >= 0.3 is 0 Å². The summed E-state index contributed by atoms with van der Waals surface area (Å²) in [6, 6.07) is 0.342. The van der Waals surface area contributed by atoms with Crippen LogP contribution in [0.2, 0.25) is 0 Å². The van der Waals surface area contributed by atoms with Gasteiger partial charge in [-0.3, -0.25) is 9.58 Å². The molecule has 2 atom stereocenters. The van der Waals surface area contributed by atoms with Gasteiger partial charge in [0.15, 0.2) is 0 Å². The Hall–Kier alpha value is -0.870. The van der Waals surface area contributed by atoms with Crippen LogP contribution in [0, 0.1) is 0 Å². The number of hydrogen-bond acceptors (Lipinski definition) is 3. The number of rotatable bonds is 5. The first-order valence-electron chi connectivity index (χ1n) is 7.02. The molecule has 1 fully saturated rings. The second-order valence-corrected chi connectivity index (χ2v) is 5.57. The van der Waals surface area contributed by atoms with E-state index in [-0.39, 0.29) is 5.54 Å². The van der Waals surface area contributed by atoms with Crippen molar-refractivity contribution in [1.82, 2.24) is 20.0 Å². The van der Waals surface area contributed by atoms with Gasteiger partial charge in [-0.25, -0.2) is 0 Å². The van der Waals surface area contributed by atoms with Crippen molar-refractivity contribution in [2.24, 2.45) is 7.05 Å². The van der Waals surface area contributed by atoms with E-state index < -0.39 is 0 Å². The number of hydrogen-bond donors (Lipinski definition) is 1. The highest BCUT2D eigenvalue weighted by Crippen LogP contribution is 2.36. The summed E-state index contributed by atoms with van der Waals surface area (Å²) in [6.45, 7) is 7.12. The van der Waals surface area contributed by atoms with Crippen molar-refractivity contribution in [3.8, 4) is 0 Å². The van der Waals surface area contributed by atoms with Crippen molar-refractivity contribution in [1.29, 1.82) is 0 Å². The smallest absolute Gasteiger partial charge is 0.0538 e. The third-order valence-electron chi connectivity index (χ3n) is 4.51. The fraction of sp³-hybridized carbons (Fsp3) is 0.786. The van der Waals surface area contributed by atoms with E-state index in [2.05, 4.69) is 42.4 Å². The second-order valence-electron chi connectivity index (χ2n) is 5.57. The topological polar surface area (TPSA) is 33.1 Å². The molecule has 0 aromatic carbocycles. The summed E-state index contributed by atoms with van der Waals surface area (Å²) in [6.07, 6.45) is 7.93. The van der Waals surface area contributed by atoms with Gasteiger partial charge in [0.25, 0.3) is 0 Å². The lowest BCUT2D eigenvalue weighted by Crippen LogP contribution is -2.52. The zero-order chi connectivity index (χ0) is 13.2. The first kappa shape index (κ1) is 13.6. The van der Waals surface area contributed by atoms with Gasteiger partial charge in [0, 0.05) is 24.3 Å². The van der Waals surface area contributed by atoms with Gasteiger partial charge in [-0.15, -0.1) is 0 Å². The summed E-state index contributed by atoms with van der Waals surface area (Å²) < 4.78 is 1.89. The molecule has 0 bridgehead atoms. The van der Waals surface area contributed by atoms with Crippen LogP contribution in [0.4, 0.5) is 0 Å². The van der Waals surface area contributed by atoms with E-state index >= 15 is 0 Å². The number of likely N-dealkylation sites (tertiary alicyclic amines) is 1. The molecule has 0 amide bonds. The Morgan fingerprint density at radius 3 is 2.56 bits per heavy atom. The van der Waals surface area contributed by atoms with E-state index in [0.717, 1.165) is 6.42 Å². The Labute approximate surface area is 110 Å². The van der Waals surface area contributed by atoms with Gasteiger partial charge < -0.3 is 5.32 Å². The van der Waals surface area contributed by atoms with Crippen molar-refractivity contribution < 1.29 is 0 Å². The Balaban J connectivity index is 2.27. The summed E-state index contributed by atoms with van der Waals surface area (Å²) in [7, 11) is 4.04. The minimum absolute atomic E-state index is 0.175. The van der Waals surface area contributed by atoms with E-state index in [1.807, 2.05) is 17.9 Å². The molecule has 18 heavy (non-hydrogen) atoms. The molecule has 1 aliphatic heterocycles. The predicted molar refractivity (Wildman–Crippen MR) is 74.5 cm³/mol. The Morgan fingerprint density at radius 1 is 1.44 bits per heavy atom. The molecule has 1 N–H and O–H groups in total. The van der Waals surface area contributed by atoms with E-state index in [4.69, 9.17) is 0 Å². The van der Waals surface area contributed by atoms with Crippen LogP contribution in [0.15, 0.2) is 12.4 Å². The molecule has 1 aliphatic rings. The molecule has 4 heteroatoms. The zero-order valence-electron chi connectivity index (χ0n) is 12.1. The van der Waals surface area contributed by atoms with Crippen molar-refractivity contribution in [2.75, 3.05) is 20.1 Å². The van der Waals surface area contributed by atoms with Gasteiger partial charge in [0.05, 0.1) is 12.2 Å². The summed E-state index contributed by atoms with van der Waals surface area (Å²) in [4.78, 5) is 2.64.